The van der Waals surface area contributed by atoms with E-state index >= 15 is 0 Å². The van der Waals surface area contributed by atoms with Crippen molar-refractivity contribution in [2.75, 3.05) is 34.4 Å². The SMILES string of the molecule is COc1cc(CNC(=O)C2CCCN(Cc3nc(-c4cccc(Cl)c4)no3)C2)cc(OC)c1OC. The maximum atomic E-state index is 12.9. The van der Waals surface area contributed by atoms with Crippen molar-refractivity contribution in [3.05, 3.63) is 52.9 Å². The standard InChI is InChI=1S/C25H29ClN4O5/c1-32-20-10-16(11-21(33-2)23(20)34-3)13-27-25(31)18-7-5-9-30(14-18)15-22-28-24(29-35-22)17-6-4-8-19(26)12-17/h4,6,8,10-12,18H,5,7,9,13-15H2,1-3H3,(H,27,31). The average Bonchev–Trinajstić information content (AvgIpc) is 3.35. The molecule has 9 nitrogen and oxygen atoms in total. The second-order valence-corrected chi connectivity index (χ2v) is 8.78. The molecular formula is C25H29ClN4O5. The number of carbonyl (C=O) groups is 1. The van der Waals surface area contributed by atoms with E-state index in [-0.39, 0.29) is 11.8 Å². The van der Waals surface area contributed by atoms with E-state index in [4.69, 9.17) is 30.3 Å². The Morgan fingerprint density at radius 1 is 1.17 bits per heavy atom. The summed E-state index contributed by atoms with van der Waals surface area (Å²) >= 11 is 6.06. The molecule has 1 unspecified atom stereocenters. The number of ether oxygens (including phenoxy) is 3. The predicted octanol–water partition coefficient (Wildman–Crippen LogP) is 3.94. The average molecular weight is 501 g/mol. The molecule has 2 heterocycles. The normalized spacial score (nSPS) is 16.1. The molecule has 10 heteroatoms. The van der Waals surface area contributed by atoms with Crippen LogP contribution in [0.4, 0.5) is 0 Å². The minimum Gasteiger partial charge on any atom is -0.493 e. The molecule has 0 aliphatic carbocycles. The monoisotopic (exact) mass is 500 g/mol. The summed E-state index contributed by atoms with van der Waals surface area (Å²) in [5.41, 5.74) is 1.66. The molecule has 0 saturated carbocycles. The van der Waals surface area contributed by atoms with Gasteiger partial charge in [-0.15, -0.1) is 0 Å². The zero-order chi connectivity index (χ0) is 24.8. The van der Waals surface area contributed by atoms with Gasteiger partial charge in [-0.05, 0) is 49.2 Å². The first-order valence-electron chi connectivity index (χ1n) is 11.4. The smallest absolute Gasteiger partial charge is 0.241 e. The second-order valence-electron chi connectivity index (χ2n) is 8.35. The van der Waals surface area contributed by atoms with E-state index in [2.05, 4.69) is 20.4 Å². The van der Waals surface area contributed by atoms with Gasteiger partial charge in [0, 0.05) is 23.7 Å². The molecule has 0 spiro atoms. The van der Waals surface area contributed by atoms with E-state index in [1.54, 1.807) is 33.5 Å². The van der Waals surface area contributed by atoms with Crippen LogP contribution in [0, 0.1) is 5.92 Å². The molecule has 186 valence electrons. The van der Waals surface area contributed by atoms with Crippen LogP contribution in [0.2, 0.25) is 5.02 Å². The number of benzene rings is 2. The molecule has 4 rings (SSSR count). The summed E-state index contributed by atoms with van der Waals surface area (Å²) in [6.07, 6.45) is 1.74. The van der Waals surface area contributed by atoms with Gasteiger partial charge in [0.25, 0.3) is 0 Å². The molecule has 0 bridgehead atoms. The van der Waals surface area contributed by atoms with Gasteiger partial charge in [0.2, 0.25) is 23.4 Å². The van der Waals surface area contributed by atoms with Crippen LogP contribution in [0.25, 0.3) is 11.4 Å². The number of methoxy groups -OCH3 is 3. The molecule has 1 fully saturated rings. The summed E-state index contributed by atoms with van der Waals surface area (Å²) in [7, 11) is 4.69. The highest BCUT2D eigenvalue weighted by Gasteiger charge is 2.27. The summed E-state index contributed by atoms with van der Waals surface area (Å²) in [5, 5.41) is 7.73. The number of aromatic nitrogens is 2. The van der Waals surface area contributed by atoms with E-state index < -0.39 is 0 Å². The summed E-state index contributed by atoms with van der Waals surface area (Å²) in [6, 6.07) is 11.0. The summed E-state index contributed by atoms with van der Waals surface area (Å²) < 4.78 is 21.6. The molecule has 0 radical (unpaired) electrons. The van der Waals surface area contributed by atoms with Crippen LogP contribution < -0.4 is 19.5 Å². The van der Waals surface area contributed by atoms with Crippen molar-refractivity contribution in [2.45, 2.75) is 25.9 Å². The lowest BCUT2D eigenvalue weighted by atomic mass is 9.97. The summed E-state index contributed by atoms with van der Waals surface area (Å²) in [6.45, 7) is 2.34. The van der Waals surface area contributed by atoms with Gasteiger partial charge in [-0.1, -0.05) is 28.9 Å². The molecule has 1 amide bonds. The number of likely N-dealkylation sites (tertiary alicyclic amines) is 1. The molecule has 3 aromatic rings. The number of nitrogens with one attached hydrogen (secondary N) is 1. The fourth-order valence-corrected chi connectivity index (χ4v) is 4.43. The van der Waals surface area contributed by atoms with Crippen LogP contribution in [0.15, 0.2) is 40.9 Å². The van der Waals surface area contributed by atoms with Crippen molar-refractivity contribution in [1.82, 2.24) is 20.4 Å². The lowest BCUT2D eigenvalue weighted by molar-refractivity contribution is -0.127. The number of nitrogens with zero attached hydrogens (tertiary/aromatic N) is 3. The fraction of sp³-hybridized carbons (Fsp3) is 0.400. The molecule has 1 saturated heterocycles. The lowest BCUT2D eigenvalue weighted by Gasteiger charge is -2.30. The van der Waals surface area contributed by atoms with Crippen molar-refractivity contribution in [2.24, 2.45) is 5.92 Å². The van der Waals surface area contributed by atoms with E-state index in [1.807, 2.05) is 24.3 Å². The molecular weight excluding hydrogens is 472 g/mol. The molecule has 1 aliphatic rings. The maximum Gasteiger partial charge on any atom is 0.241 e. The zero-order valence-electron chi connectivity index (χ0n) is 20.0. The predicted molar refractivity (Wildman–Crippen MR) is 131 cm³/mol. The number of amides is 1. The topological polar surface area (TPSA) is 99.0 Å². The molecule has 2 aromatic carbocycles. The fourth-order valence-electron chi connectivity index (χ4n) is 4.24. The third-order valence-electron chi connectivity index (χ3n) is 5.98. The van der Waals surface area contributed by atoms with E-state index in [1.165, 1.54) is 0 Å². The van der Waals surface area contributed by atoms with Gasteiger partial charge in [0.05, 0.1) is 33.8 Å². The first-order chi connectivity index (χ1) is 17.0. The van der Waals surface area contributed by atoms with Crippen LogP contribution in [0.5, 0.6) is 17.2 Å². The number of rotatable bonds is 9. The van der Waals surface area contributed by atoms with Crippen LogP contribution >= 0.6 is 11.6 Å². The Bertz CT molecular complexity index is 1140. The van der Waals surface area contributed by atoms with Crippen LogP contribution in [-0.4, -0.2) is 55.4 Å². The molecule has 1 N–H and O–H groups in total. The van der Waals surface area contributed by atoms with Crippen molar-refractivity contribution in [3.8, 4) is 28.6 Å². The third kappa shape index (κ3) is 6.04. The van der Waals surface area contributed by atoms with Crippen molar-refractivity contribution in [3.63, 3.8) is 0 Å². The maximum absolute atomic E-state index is 12.9. The first-order valence-corrected chi connectivity index (χ1v) is 11.8. The van der Waals surface area contributed by atoms with E-state index in [0.717, 1.165) is 30.5 Å². The van der Waals surface area contributed by atoms with Crippen LogP contribution in [0.1, 0.15) is 24.3 Å². The Kier molecular flexibility index (Phi) is 8.09. The third-order valence-corrected chi connectivity index (χ3v) is 6.21. The Labute approximate surface area is 209 Å². The van der Waals surface area contributed by atoms with Gasteiger partial charge in [0.15, 0.2) is 11.5 Å². The number of hydrogen-bond donors (Lipinski definition) is 1. The Hall–Kier alpha value is -3.30. The second kappa shape index (κ2) is 11.4. The number of piperidine rings is 1. The summed E-state index contributed by atoms with van der Waals surface area (Å²) in [4.78, 5) is 19.6. The Balaban J connectivity index is 1.34. The van der Waals surface area contributed by atoms with Gasteiger partial charge in [-0.25, -0.2) is 0 Å². The van der Waals surface area contributed by atoms with Crippen LogP contribution in [-0.2, 0) is 17.9 Å². The highest BCUT2D eigenvalue weighted by molar-refractivity contribution is 6.30. The quantitative estimate of drug-likeness (QED) is 0.471. The first kappa shape index (κ1) is 24.8. The molecule has 1 aromatic heterocycles. The van der Waals surface area contributed by atoms with Gasteiger partial charge in [0.1, 0.15) is 0 Å². The van der Waals surface area contributed by atoms with Crippen LogP contribution in [0.3, 0.4) is 0 Å². The van der Waals surface area contributed by atoms with Crippen molar-refractivity contribution < 1.29 is 23.5 Å². The van der Waals surface area contributed by atoms with Gasteiger partial charge in [-0.2, -0.15) is 4.98 Å². The molecule has 1 aliphatic heterocycles. The minimum atomic E-state index is -0.124. The molecule has 1 atom stereocenters. The van der Waals surface area contributed by atoms with Crippen molar-refractivity contribution >= 4 is 17.5 Å². The Morgan fingerprint density at radius 2 is 1.94 bits per heavy atom. The van der Waals surface area contributed by atoms with Crippen molar-refractivity contribution in [1.29, 1.82) is 0 Å². The highest BCUT2D eigenvalue weighted by atomic mass is 35.5. The van der Waals surface area contributed by atoms with Gasteiger partial charge >= 0.3 is 0 Å². The van der Waals surface area contributed by atoms with E-state index in [9.17, 15) is 4.79 Å². The molecule has 35 heavy (non-hydrogen) atoms. The number of carbonyl (C=O) groups excluding carboxylic acids is 1. The largest absolute Gasteiger partial charge is 0.493 e. The minimum absolute atomic E-state index is 0.00796. The number of hydrogen-bond acceptors (Lipinski definition) is 8. The zero-order valence-corrected chi connectivity index (χ0v) is 20.8. The van der Waals surface area contributed by atoms with Gasteiger partial charge < -0.3 is 24.1 Å². The Morgan fingerprint density at radius 3 is 2.63 bits per heavy atom. The van der Waals surface area contributed by atoms with E-state index in [0.29, 0.717) is 53.6 Å². The highest BCUT2D eigenvalue weighted by Crippen LogP contribution is 2.38. The van der Waals surface area contributed by atoms with Gasteiger partial charge in [-0.3, -0.25) is 9.69 Å². The lowest BCUT2D eigenvalue weighted by Crippen LogP contribution is -2.42. The number of halogens is 1. The summed E-state index contributed by atoms with van der Waals surface area (Å²) in [5.74, 6) is 2.52.